The molecular weight excluding hydrogens is 230 g/mol. The standard InChI is InChI=1S/C11H19NO3.ClH/c1-14-10(13)9(12)8-6-11(7-8)2-4-15-5-3-11;/h8-9H,2-7,12H2,1H3;1H. The first-order valence-corrected chi connectivity index (χ1v) is 5.58. The average molecular weight is 250 g/mol. The highest BCUT2D eigenvalue weighted by Crippen LogP contribution is 2.53. The normalized spacial score (nSPS) is 25.4. The second kappa shape index (κ2) is 5.34. The number of halogens is 1. The molecule has 2 aliphatic rings. The van der Waals surface area contributed by atoms with E-state index in [4.69, 9.17) is 10.5 Å². The first kappa shape index (κ1) is 13.7. The molecule has 1 unspecified atom stereocenters. The molecule has 1 spiro atoms. The molecule has 1 atom stereocenters. The van der Waals surface area contributed by atoms with Gasteiger partial charge < -0.3 is 15.2 Å². The van der Waals surface area contributed by atoms with Crippen molar-refractivity contribution in [2.45, 2.75) is 31.7 Å². The number of esters is 1. The van der Waals surface area contributed by atoms with Crippen LogP contribution in [0.4, 0.5) is 0 Å². The quantitative estimate of drug-likeness (QED) is 0.745. The van der Waals surface area contributed by atoms with Crippen LogP contribution >= 0.6 is 12.4 Å². The van der Waals surface area contributed by atoms with Crippen molar-refractivity contribution in [3.05, 3.63) is 0 Å². The highest BCUT2D eigenvalue weighted by atomic mass is 35.5. The molecule has 0 bridgehead atoms. The fraction of sp³-hybridized carbons (Fsp3) is 0.909. The Bertz CT molecular complexity index is 246. The van der Waals surface area contributed by atoms with E-state index >= 15 is 0 Å². The largest absolute Gasteiger partial charge is 0.468 e. The van der Waals surface area contributed by atoms with E-state index < -0.39 is 6.04 Å². The van der Waals surface area contributed by atoms with Crippen molar-refractivity contribution in [3.8, 4) is 0 Å². The van der Waals surface area contributed by atoms with Gasteiger partial charge in [0.05, 0.1) is 7.11 Å². The summed E-state index contributed by atoms with van der Waals surface area (Å²) < 4.78 is 10.00. The second-order valence-corrected chi connectivity index (χ2v) is 4.83. The van der Waals surface area contributed by atoms with Gasteiger partial charge in [-0.1, -0.05) is 0 Å². The molecule has 1 aliphatic heterocycles. The molecule has 0 aromatic carbocycles. The van der Waals surface area contributed by atoms with Gasteiger partial charge in [-0.25, -0.2) is 0 Å². The smallest absolute Gasteiger partial charge is 0.322 e. The van der Waals surface area contributed by atoms with Crippen molar-refractivity contribution in [2.75, 3.05) is 20.3 Å². The first-order valence-electron chi connectivity index (χ1n) is 5.58. The number of nitrogens with two attached hydrogens (primary N) is 1. The van der Waals surface area contributed by atoms with Gasteiger partial charge in [-0.2, -0.15) is 0 Å². The van der Waals surface area contributed by atoms with Crippen molar-refractivity contribution in [2.24, 2.45) is 17.1 Å². The Kier molecular flexibility index (Phi) is 4.59. The molecule has 0 radical (unpaired) electrons. The number of methoxy groups -OCH3 is 1. The third-order valence-corrected chi connectivity index (χ3v) is 3.93. The molecule has 0 aromatic heterocycles. The molecule has 0 aromatic rings. The number of carbonyl (C=O) groups excluding carboxylic acids is 1. The summed E-state index contributed by atoms with van der Waals surface area (Å²) in [6.07, 6.45) is 4.37. The maximum atomic E-state index is 11.2. The number of hydrogen-bond acceptors (Lipinski definition) is 4. The molecule has 2 fully saturated rings. The predicted molar refractivity (Wildman–Crippen MR) is 62.4 cm³/mol. The van der Waals surface area contributed by atoms with Crippen LogP contribution in [-0.2, 0) is 14.3 Å². The summed E-state index contributed by atoms with van der Waals surface area (Å²) in [4.78, 5) is 11.2. The molecule has 2 N–H and O–H groups in total. The third-order valence-electron chi connectivity index (χ3n) is 3.93. The summed E-state index contributed by atoms with van der Waals surface area (Å²) in [5.41, 5.74) is 6.24. The zero-order valence-electron chi connectivity index (χ0n) is 9.61. The number of carbonyl (C=O) groups is 1. The fourth-order valence-corrected chi connectivity index (χ4v) is 2.85. The van der Waals surface area contributed by atoms with Crippen LogP contribution in [0.3, 0.4) is 0 Å². The SMILES string of the molecule is COC(=O)C(N)C1CC2(CCOCC2)C1.Cl. The average Bonchev–Trinajstić information content (AvgIpc) is 2.25. The van der Waals surface area contributed by atoms with E-state index in [1.54, 1.807) is 0 Å². The fourth-order valence-electron chi connectivity index (χ4n) is 2.85. The van der Waals surface area contributed by atoms with E-state index in [1.165, 1.54) is 7.11 Å². The lowest BCUT2D eigenvalue weighted by molar-refractivity contribution is -0.147. The van der Waals surface area contributed by atoms with Crippen LogP contribution in [0.2, 0.25) is 0 Å². The Morgan fingerprint density at radius 1 is 1.44 bits per heavy atom. The molecule has 16 heavy (non-hydrogen) atoms. The highest BCUT2D eigenvalue weighted by molar-refractivity contribution is 5.85. The van der Waals surface area contributed by atoms with Crippen LogP contribution in [0.5, 0.6) is 0 Å². The van der Waals surface area contributed by atoms with Gasteiger partial charge in [-0.15, -0.1) is 12.4 Å². The zero-order valence-corrected chi connectivity index (χ0v) is 10.4. The van der Waals surface area contributed by atoms with Gasteiger partial charge in [-0.05, 0) is 37.0 Å². The number of ether oxygens (including phenoxy) is 2. The van der Waals surface area contributed by atoms with Gasteiger partial charge in [0.25, 0.3) is 0 Å². The summed E-state index contributed by atoms with van der Waals surface area (Å²) in [6, 6.07) is -0.427. The zero-order chi connectivity index (χ0) is 10.9. The van der Waals surface area contributed by atoms with Crippen LogP contribution < -0.4 is 5.73 Å². The molecule has 94 valence electrons. The third kappa shape index (κ3) is 2.50. The van der Waals surface area contributed by atoms with Crippen LogP contribution in [0.1, 0.15) is 25.7 Å². The van der Waals surface area contributed by atoms with Gasteiger partial charge in [0, 0.05) is 13.2 Å². The minimum atomic E-state index is -0.427. The Hall–Kier alpha value is -0.320. The number of hydrogen-bond donors (Lipinski definition) is 1. The second-order valence-electron chi connectivity index (χ2n) is 4.83. The number of rotatable bonds is 2. The van der Waals surface area contributed by atoms with Crippen molar-refractivity contribution < 1.29 is 14.3 Å². The van der Waals surface area contributed by atoms with Crippen LogP contribution in [-0.4, -0.2) is 32.3 Å². The van der Waals surface area contributed by atoms with Crippen molar-refractivity contribution in [1.82, 2.24) is 0 Å². The lowest BCUT2D eigenvalue weighted by Gasteiger charge is -2.51. The summed E-state index contributed by atoms with van der Waals surface area (Å²) in [6.45, 7) is 1.72. The molecule has 0 amide bonds. The van der Waals surface area contributed by atoms with E-state index in [-0.39, 0.29) is 18.4 Å². The van der Waals surface area contributed by atoms with Gasteiger partial charge in [-0.3, -0.25) is 4.79 Å². The topological polar surface area (TPSA) is 61.5 Å². The van der Waals surface area contributed by atoms with Gasteiger partial charge in [0.15, 0.2) is 0 Å². The van der Waals surface area contributed by atoms with Crippen LogP contribution in [0, 0.1) is 11.3 Å². The van der Waals surface area contributed by atoms with Gasteiger partial charge in [0.1, 0.15) is 6.04 Å². The molecule has 1 aliphatic carbocycles. The molecule has 1 saturated heterocycles. The monoisotopic (exact) mass is 249 g/mol. The van der Waals surface area contributed by atoms with Crippen molar-refractivity contribution in [3.63, 3.8) is 0 Å². The van der Waals surface area contributed by atoms with E-state index in [0.717, 1.165) is 38.9 Å². The lowest BCUT2D eigenvalue weighted by Crippen LogP contribution is -2.51. The predicted octanol–water partition coefficient (Wildman–Crippen LogP) is 1.12. The maximum Gasteiger partial charge on any atom is 0.322 e. The van der Waals surface area contributed by atoms with Crippen LogP contribution in [0.15, 0.2) is 0 Å². The molecular formula is C11H20ClNO3. The van der Waals surface area contributed by atoms with E-state index in [1.807, 2.05) is 0 Å². The lowest BCUT2D eigenvalue weighted by atomic mass is 9.56. The van der Waals surface area contributed by atoms with Crippen molar-refractivity contribution in [1.29, 1.82) is 0 Å². The van der Waals surface area contributed by atoms with Crippen LogP contribution in [0.25, 0.3) is 0 Å². The summed E-state index contributed by atoms with van der Waals surface area (Å²) in [5, 5.41) is 0. The van der Waals surface area contributed by atoms with Crippen molar-refractivity contribution >= 4 is 18.4 Å². The molecule has 2 rings (SSSR count). The molecule has 1 saturated carbocycles. The van der Waals surface area contributed by atoms with E-state index in [2.05, 4.69) is 4.74 Å². The van der Waals surface area contributed by atoms with E-state index in [0.29, 0.717) is 11.3 Å². The van der Waals surface area contributed by atoms with Gasteiger partial charge in [0.2, 0.25) is 0 Å². The maximum absolute atomic E-state index is 11.2. The van der Waals surface area contributed by atoms with E-state index in [9.17, 15) is 4.79 Å². The summed E-state index contributed by atoms with van der Waals surface area (Å²) in [5.74, 6) is 0.0393. The minimum absolute atomic E-state index is 0. The molecule has 4 nitrogen and oxygen atoms in total. The Balaban J connectivity index is 0.00000128. The van der Waals surface area contributed by atoms with Gasteiger partial charge >= 0.3 is 5.97 Å². The Morgan fingerprint density at radius 3 is 2.50 bits per heavy atom. The Labute approximate surface area is 102 Å². The minimum Gasteiger partial charge on any atom is -0.468 e. The first-order chi connectivity index (χ1) is 7.17. The summed E-state index contributed by atoms with van der Waals surface area (Å²) >= 11 is 0. The molecule has 5 heteroatoms. The molecule has 1 heterocycles. The summed E-state index contributed by atoms with van der Waals surface area (Å²) in [7, 11) is 1.39. The Morgan fingerprint density at radius 2 is 2.00 bits per heavy atom. The highest BCUT2D eigenvalue weighted by Gasteiger charge is 2.48.